The Balaban J connectivity index is 0.000000228. The fourth-order valence-electron chi connectivity index (χ4n) is 5.39. The Labute approximate surface area is 297 Å². The zero-order chi connectivity index (χ0) is 36.9. The van der Waals surface area contributed by atoms with Crippen LogP contribution in [0, 0.1) is 0 Å². The molecule has 2 heterocycles. The number of hydrogen-bond donors (Lipinski definition) is 4. The van der Waals surface area contributed by atoms with Crippen molar-refractivity contribution in [2.24, 2.45) is 12.2 Å². The van der Waals surface area contributed by atoms with Gasteiger partial charge in [-0.05, 0) is 42.3 Å². The fraction of sp³-hybridized carbons (Fsp3) is 0.355. The van der Waals surface area contributed by atoms with Crippen LogP contribution in [0.4, 0.5) is 24.5 Å². The van der Waals surface area contributed by atoms with Gasteiger partial charge in [0, 0.05) is 56.8 Å². The van der Waals surface area contributed by atoms with Crippen molar-refractivity contribution < 1.29 is 39.9 Å². The molecule has 3 aromatic carbocycles. The minimum atomic E-state index is -5.04. The normalized spacial score (nSPS) is 15.5. The van der Waals surface area contributed by atoms with E-state index in [0.29, 0.717) is 36.7 Å². The summed E-state index contributed by atoms with van der Waals surface area (Å²) in [6.45, 7) is 1.47. The van der Waals surface area contributed by atoms with Crippen molar-refractivity contribution in [1.29, 1.82) is 0 Å². The Kier molecular flexibility index (Phi) is 12.7. The standard InChI is InChI=1S/C16H21Cl2N3O2.C15H14F3N3O4S2/c1-20-14-6-5-12(21(9-7-17)10-8-18)11-13(14)19-15(20)3-2-4-16(22)23;16-15(17,18)10-7-11-13(8-12(10)26(19,22)23)27(24,25)21-14(20-11)6-9-4-2-1-3-5-9/h5-6,11H,2-4,7-10H2,1H3,(H,22,23);1-5,7-8,14,20-21H,6H2,(H2,19,22,23). The number of aromatic nitrogens is 2. The molecule has 0 fully saturated rings. The summed E-state index contributed by atoms with van der Waals surface area (Å²) in [5.74, 6) is 1.21. The topological polar surface area (TPSA) is 177 Å². The average molecular weight is 780 g/mol. The number of anilines is 2. The van der Waals surface area contributed by atoms with Crippen LogP contribution in [0.5, 0.6) is 0 Å². The first-order chi connectivity index (χ1) is 23.4. The smallest absolute Gasteiger partial charge is 0.417 e. The first-order valence-electron chi connectivity index (χ1n) is 15.1. The van der Waals surface area contributed by atoms with Crippen molar-refractivity contribution in [2.75, 3.05) is 35.1 Å². The van der Waals surface area contributed by atoms with Crippen LogP contribution in [0.2, 0.25) is 0 Å². The Bertz CT molecular complexity index is 2040. The van der Waals surface area contributed by atoms with E-state index in [9.17, 15) is 34.8 Å². The molecule has 0 saturated heterocycles. The van der Waals surface area contributed by atoms with Crippen molar-refractivity contribution in [3.05, 3.63) is 77.6 Å². The number of nitrogens with zero attached hydrogens (tertiary/aromatic N) is 3. The lowest BCUT2D eigenvalue weighted by molar-refractivity contribution is -0.140. The number of nitrogens with two attached hydrogens (primary N) is 1. The molecule has 5 rings (SSSR count). The Morgan fingerprint density at radius 1 is 1.08 bits per heavy atom. The predicted octanol–water partition coefficient (Wildman–Crippen LogP) is 4.89. The third-order valence-corrected chi connectivity index (χ3v) is 10.5. The van der Waals surface area contributed by atoms with Crippen molar-refractivity contribution in [3.63, 3.8) is 0 Å². The van der Waals surface area contributed by atoms with E-state index in [1.165, 1.54) is 0 Å². The average Bonchev–Trinajstić information content (AvgIpc) is 3.34. The highest BCUT2D eigenvalue weighted by molar-refractivity contribution is 7.90. The zero-order valence-corrected chi connectivity index (χ0v) is 29.8. The quantitative estimate of drug-likeness (QED) is 0.146. The molecule has 50 heavy (non-hydrogen) atoms. The van der Waals surface area contributed by atoms with Gasteiger partial charge < -0.3 is 19.9 Å². The van der Waals surface area contributed by atoms with E-state index in [2.05, 4.69) is 19.9 Å². The SMILES string of the molecule is Cn1c(CCCC(=O)O)nc2cc(N(CCCl)CCCl)ccc21.NS(=O)(=O)c1cc2c(cc1C(F)(F)F)NC(Cc1ccccc1)NS2(=O)=O. The van der Waals surface area contributed by atoms with E-state index in [4.69, 9.17) is 33.4 Å². The van der Waals surface area contributed by atoms with Crippen LogP contribution < -0.4 is 20.1 Å². The third-order valence-electron chi connectivity index (χ3n) is 7.72. The first-order valence-corrected chi connectivity index (χ1v) is 19.2. The molecule has 0 aliphatic carbocycles. The third kappa shape index (κ3) is 9.79. The molecule has 1 aliphatic rings. The predicted molar refractivity (Wildman–Crippen MR) is 186 cm³/mol. The fourth-order valence-corrected chi connectivity index (χ4v) is 7.96. The molecule has 0 bridgehead atoms. The molecule has 1 aliphatic heterocycles. The number of fused-ring (bicyclic) bond motifs is 2. The molecule has 1 unspecified atom stereocenters. The number of imidazole rings is 1. The van der Waals surface area contributed by atoms with E-state index in [-0.39, 0.29) is 18.5 Å². The van der Waals surface area contributed by atoms with Gasteiger partial charge in [0.25, 0.3) is 0 Å². The summed E-state index contributed by atoms with van der Waals surface area (Å²) in [5.41, 5.74) is 1.86. The van der Waals surface area contributed by atoms with Crippen molar-refractivity contribution in [1.82, 2.24) is 14.3 Å². The maximum absolute atomic E-state index is 13.3. The number of hydrogen-bond acceptors (Lipinski definition) is 8. The van der Waals surface area contributed by atoms with Gasteiger partial charge in [-0.1, -0.05) is 30.3 Å². The second kappa shape index (κ2) is 16.2. The van der Waals surface area contributed by atoms with Crippen molar-refractivity contribution in [3.8, 4) is 0 Å². The highest BCUT2D eigenvalue weighted by atomic mass is 35.5. The minimum Gasteiger partial charge on any atom is -0.481 e. The maximum Gasteiger partial charge on any atom is 0.417 e. The van der Waals surface area contributed by atoms with Crippen LogP contribution in [0.1, 0.15) is 29.8 Å². The number of carboxylic acid groups (broad SMARTS) is 1. The Morgan fingerprint density at radius 3 is 2.32 bits per heavy atom. The lowest BCUT2D eigenvalue weighted by atomic mass is 10.1. The van der Waals surface area contributed by atoms with Crippen LogP contribution in [-0.4, -0.2) is 68.5 Å². The van der Waals surface area contributed by atoms with E-state index >= 15 is 0 Å². The molecule has 4 aromatic rings. The van der Waals surface area contributed by atoms with E-state index in [1.807, 2.05) is 29.8 Å². The van der Waals surface area contributed by atoms with Crippen LogP contribution >= 0.6 is 23.2 Å². The first kappa shape index (κ1) is 39.2. The number of halogens is 5. The lowest BCUT2D eigenvalue weighted by Gasteiger charge is -2.29. The summed E-state index contributed by atoms with van der Waals surface area (Å²) in [6, 6.07) is 15.7. The van der Waals surface area contributed by atoms with Gasteiger partial charge in [0.05, 0.1) is 33.3 Å². The van der Waals surface area contributed by atoms with Crippen LogP contribution in [-0.2, 0) is 50.9 Å². The summed E-state index contributed by atoms with van der Waals surface area (Å²) in [7, 11) is -7.10. The van der Waals surface area contributed by atoms with Gasteiger partial charge in [0.15, 0.2) is 0 Å². The summed E-state index contributed by atoms with van der Waals surface area (Å²) >= 11 is 11.7. The number of aryl methyl sites for hydroxylation is 2. The van der Waals surface area contributed by atoms with Crippen molar-refractivity contribution >= 4 is 71.6 Å². The lowest BCUT2D eigenvalue weighted by Crippen LogP contribution is -2.46. The van der Waals surface area contributed by atoms with Gasteiger partial charge in [-0.3, -0.25) is 4.79 Å². The Hall–Kier alpha value is -3.61. The Morgan fingerprint density at radius 2 is 1.74 bits per heavy atom. The van der Waals surface area contributed by atoms with Crippen LogP contribution in [0.25, 0.3) is 11.0 Å². The number of carboxylic acids is 1. The van der Waals surface area contributed by atoms with Gasteiger partial charge in [0.1, 0.15) is 10.7 Å². The molecule has 5 N–H and O–H groups in total. The number of benzene rings is 3. The molecular formula is C31H35Cl2F3N6O6S2. The van der Waals surface area contributed by atoms with Gasteiger partial charge >= 0.3 is 12.1 Å². The molecule has 0 radical (unpaired) electrons. The van der Waals surface area contributed by atoms with E-state index in [1.54, 1.807) is 30.3 Å². The molecule has 0 amide bonds. The summed E-state index contributed by atoms with van der Waals surface area (Å²) in [5, 5.41) is 16.3. The van der Waals surface area contributed by atoms with Crippen LogP contribution in [0.15, 0.2) is 70.5 Å². The number of primary sulfonamides is 1. The maximum atomic E-state index is 13.3. The van der Waals surface area contributed by atoms with E-state index in [0.717, 1.165) is 41.2 Å². The highest BCUT2D eigenvalue weighted by Gasteiger charge is 2.40. The molecule has 12 nitrogen and oxygen atoms in total. The molecule has 1 atom stereocenters. The zero-order valence-electron chi connectivity index (χ0n) is 26.6. The second-order valence-electron chi connectivity index (χ2n) is 11.3. The van der Waals surface area contributed by atoms with Gasteiger partial charge in [-0.2, -0.15) is 17.9 Å². The number of alkyl halides is 5. The van der Waals surface area contributed by atoms with Crippen LogP contribution in [0.3, 0.4) is 0 Å². The minimum absolute atomic E-state index is 0.160. The monoisotopic (exact) mass is 778 g/mol. The molecule has 1 aromatic heterocycles. The summed E-state index contributed by atoms with van der Waals surface area (Å²) < 4.78 is 92.1. The largest absolute Gasteiger partial charge is 0.481 e. The second-order valence-corrected chi connectivity index (χ2v) is 15.2. The number of rotatable bonds is 12. The van der Waals surface area contributed by atoms with Gasteiger partial charge in [-0.15, -0.1) is 23.2 Å². The number of nitrogens with one attached hydrogen (secondary N) is 2. The number of aliphatic carboxylic acids is 1. The number of carbonyl (C=O) groups is 1. The molecule has 19 heteroatoms. The van der Waals surface area contributed by atoms with Gasteiger partial charge in [-0.25, -0.2) is 27.0 Å². The van der Waals surface area contributed by atoms with Crippen molar-refractivity contribution in [2.45, 2.75) is 47.8 Å². The summed E-state index contributed by atoms with van der Waals surface area (Å²) in [6.07, 6.45) is -4.39. The summed E-state index contributed by atoms with van der Waals surface area (Å²) in [4.78, 5) is 15.5. The molecule has 272 valence electrons. The van der Waals surface area contributed by atoms with E-state index < -0.39 is 53.7 Å². The highest BCUT2D eigenvalue weighted by Crippen LogP contribution is 2.39. The molecular weight excluding hydrogens is 744 g/mol. The molecule has 0 saturated carbocycles. The van der Waals surface area contributed by atoms with Gasteiger partial charge in [0.2, 0.25) is 20.0 Å². The molecule has 0 spiro atoms. The number of sulfonamides is 2.